The number of carbonyl (C=O) groups is 2. The van der Waals surface area contributed by atoms with Crippen LogP contribution in [-0.4, -0.2) is 23.8 Å². The van der Waals surface area contributed by atoms with Crippen molar-refractivity contribution in [3.63, 3.8) is 0 Å². The lowest BCUT2D eigenvalue weighted by molar-refractivity contribution is -0.131. The summed E-state index contributed by atoms with van der Waals surface area (Å²) in [6.45, 7) is 1.97. The Morgan fingerprint density at radius 1 is 1.22 bits per heavy atom. The van der Waals surface area contributed by atoms with Gasteiger partial charge in [-0.3, -0.25) is 9.59 Å². The van der Waals surface area contributed by atoms with Crippen molar-refractivity contribution < 1.29 is 9.59 Å². The van der Waals surface area contributed by atoms with Crippen molar-refractivity contribution in [3.05, 3.63) is 57.2 Å². The van der Waals surface area contributed by atoms with E-state index in [2.05, 4.69) is 5.32 Å². The Hall–Kier alpha value is -1.85. The molecule has 0 radical (unpaired) electrons. The maximum Gasteiger partial charge on any atom is 0.225 e. The molecular formula is C17H19ClN2O2S. The molecule has 2 rings (SSSR count). The van der Waals surface area contributed by atoms with Crippen LogP contribution in [0.25, 0.3) is 0 Å². The number of nitrogens with zero attached hydrogens (tertiary/aromatic N) is 1. The van der Waals surface area contributed by atoms with Crippen molar-refractivity contribution >= 4 is 34.8 Å². The molecule has 2 amide bonds. The Bertz CT molecular complexity index is 672. The third kappa shape index (κ3) is 5.37. The largest absolute Gasteiger partial charge is 0.349 e. The fraction of sp³-hybridized carbons (Fsp3) is 0.294. The minimum absolute atomic E-state index is 0.0304. The van der Waals surface area contributed by atoms with Crippen molar-refractivity contribution in [2.24, 2.45) is 0 Å². The Balaban J connectivity index is 2.03. The number of halogens is 1. The number of hydrogen-bond donors (Lipinski definition) is 1. The van der Waals surface area contributed by atoms with E-state index in [0.717, 1.165) is 10.4 Å². The molecule has 0 fully saturated rings. The number of hydrogen-bond acceptors (Lipinski definition) is 3. The highest BCUT2D eigenvalue weighted by atomic mass is 35.5. The lowest BCUT2D eigenvalue weighted by Crippen LogP contribution is -2.33. The quantitative estimate of drug-likeness (QED) is 0.864. The van der Waals surface area contributed by atoms with Crippen molar-refractivity contribution in [1.82, 2.24) is 10.2 Å². The fourth-order valence-electron chi connectivity index (χ4n) is 2.27. The summed E-state index contributed by atoms with van der Waals surface area (Å²) in [6, 6.07) is 12.9. The van der Waals surface area contributed by atoms with Gasteiger partial charge in [-0.1, -0.05) is 41.9 Å². The predicted molar refractivity (Wildman–Crippen MR) is 93.4 cm³/mol. The third-order valence-corrected chi connectivity index (χ3v) is 4.62. The summed E-state index contributed by atoms with van der Waals surface area (Å²) in [5.74, 6) is -0.184. The lowest BCUT2D eigenvalue weighted by atomic mass is 10.0. The average molecular weight is 351 g/mol. The van der Waals surface area contributed by atoms with Gasteiger partial charge in [0.2, 0.25) is 11.8 Å². The van der Waals surface area contributed by atoms with E-state index in [9.17, 15) is 9.59 Å². The molecule has 1 aromatic carbocycles. The highest BCUT2D eigenvalue weighted by Crippen LogP contribution is 2.23. The maximum atomic E-state index is 12.5. The molecule has 4 nitrogen and oxygen atoms in total. The van der Waals surface area contributed by atoms with Crippen LogP contribution in [0.2, 0.25) is 4.34 Å². The molecule has 0 saturated heterocycles. The molecule has 0 saturated carbocycles. The number of benzene rings is 1. The molecule has 1 N–H and O–H groups in total. The number of carbonyl (C=O) groups excluding carboxylic acids is 2. The smallest absolute Gasteiger partial charge is 0.225 e. The standard InChI is InChI=1S/C17H19ClN2O2S/c1-12(21)19-15(13-6-4-3-5-7-13)10-17(22)20(2)11-14-8-9-16(18)23-14/h3-9,15H,10-11H2,1-2H3,(H,19,21)/t15-/m0/s1. The lowest BCUT2D eigenvalue weighted by Gasteiger charge is -2.22. The molecule has 1 heterocycles. The first-order valence-corrected chi connectivity index (χ1v) is 8.45. The molecule has 0 bridgehead atoms. The fourth-order valence-corrected chi connectivity index (χ4v) is 3.41. The van der Waals surface area contributed by atoms with Gasteiger partial charge in [-0.05, 0) is 17.7 Å². The van der Waals surface area contributed by atoms with Gasteiger partial charge in [-0.2, -0.15) is 0 Å². The van der Waals surface area contributed by atoms with Gasteiger partial charge in [-0.15, -0.1) is 11.3 Å². The van der Waals surface area contributed by atoms with Crippen molar-refractivity contribution in [3.8, 4) is 0 Å². The summed E-state index contributed by atoms with van der Waals surface area (Å²) in [4.78, 5) is 26.6. The minimum Gasteiger partial charge on any atom is -0.349 e. The first kappa shape index (κ1) is 17.5. The molecule has 2 aromatic rings. The second-order valence-electron chi connectivity index (χ2n) is 5.32. The van der Waals surface area contributed by atoms with Gasteiger partial charge in [0.25, 0.3) is 0 Å². The van der Waals surface area contributed by atoms with Crippen molar-refractivity contribution in [2.45, 2.75) is 25.9 Å². The zero-order valence-corrected chi connectivity index (χ0v) is 14.7. The van der Waals surface area contributed by atoms with E-state index in [0.29, 0.717) is 10.9 Å². The molecule has 23 heavy (non-hydrogen) atoms. The number of nitrogens with one attached hydrogen (secondary N) is 1. The number of thiophene rings is 1. The van der Waals surface area contributed by atoms with Gasteiger partial charge in [0.15, 0.2) is 0 Å². The summed E-state index contributed by atoms with van der Waals surface area (Å²) in [7, 11) is 1.76. The summed E-state index contributed by atoms with van der Waals surface area (Å²) in [5.41, 5.74) is 0.920. The molecule has 1 atom stereocenters. The van der Waals surface area contributed by atoms with Crippen LogP contribution in [0, 0.1) is 0 Å². The Kier molecular flexibility index (Phi) is 6.19. The minimum atomic E-state index is -0.324. The van der Waals surface area contributed by atoms with Crippen LogP contribution in [0.4, 0.5) is 0 Å². The van der Waals surface area contributed by atoms with Crippen LogP contribution in [0.5, 0.6) is 0 Å². The summed E-state index contributed by atoms with van der Waals surface area (Å²) < 4.78 is 0.709. The topological polar surface area (TPSA) is 49.4 Å². The van der Waals surface area contributed by atoms with Gasteiger partial charge < -0.3 is 10.2 Å². The highest BCUT2D eigenvalue weighted by Gasteiger charge is 2.19. The number of rotatable bonds is 6. The molecule has 0 aliphatic heterocycles. The second kappa shape index (κ2) is 8.13. The SMILES string of the molecule is CC(=O)N[C@@H](CC(=O)N(C)Cc1ccc(Cl)s1)c1ccccc1. The highest BCUT2D eigenvalue weighted by molar-refractivity contribution is 7.16. The molecule has 0 unspecified atom stereocenters. The monoisotopic (exact) mass is 350 g/mol. The van der Waals surface area contributed by atoms with Crippen molar-refractivity contribution in [2.75, 3.05) is 7.05 Å². The van der Waals surface area contributed by atoms with Crippen LogP contribution >= 0.6 is 22.9 Å². The molecule has 0 aliphatic rings. The predicted octanol–water partition coefficient (Wildman–Crippen LogP) is 3.63. The zero-order chi connectivity index (χ0) is 16.8. The second-order valence-corrected chi connectivity index (χ2v) is 7.12. The molecule has 1 aromatic heterocycles. The van der Waals surface area contributed by atoms with E-state index in [1.165, 1.54) is 18.3 Å². The van der Waals surface area contributed by atoms with Gasteiger partial charge in [-0.25, -0.2) is 0 Å². The van der Waals surface area contributed by atoms with E-state index in [-0.39, 0.29) is 24.3 Å². The maximum absolute atomic E-state index is 12.5. The van der Waals surface area contributed by atoms with Crippen LogP contribution in [0.15, 0.2) is 42.5 Å². The normalized spacial score (nSPS) is 11.8. The van der Waals surface area contributed by atoms with E-state index in [1.54, 1.807) is 11.9 Å². The Morgan fingerprint density at radius 3 is 2.48 bits per heavy atom. The molecule has 122 valence electrons. The van der Waals surface area contributed by atoms with Gasteiger partial charge in [0.1, 0.15) is 0 Å². The Morgan fingerprint density at radius 2 is 1.91 bits per heavy atom. The molecule has 0 spiro atoms. The first-order valence-electron chi connectivity index (χ1n) is 7.26. The van der Waals surface area contributed by atoms with Crippen LogP contribution < -0.4 is 5.32 Å². The summed E-state index contributed by atoms with van der Waals surface area (Å²) in [6.07, 6.45) is 0.221. The van der Waals surface area contributed by atoms with Gasteiger partial charge in [0.05, 0.1) is 23.3 Å². The van der Waals surface area contributed by atoms with Crippen LogP contribution in [0.1, 0.15) is 29.8 Å². The average Bonchev–Trinajstić information content (AvgIpc) is 2.92. The van der Waals surface area contributed by atoms with E-state index < -0.39 is 0 Å². The molecule has 0 aliphatic carbocycles. The van der Waals surface area contributed by atoms with Gasteiger partial charge in [0, 0.05) is 18.8 Å². The van der Waals surface area contributed by atoms with E-state index in [1.807, 2.05) is 42.5 Å². The zero-order valence-electron chi connectivity index (χ0n) is 13.1. The van der Waals surface area contributed by atoms with Crippen molar-refractivity contribution in [1.29, 1.82) is 0 Å². The summed E-state index contributed by atoms with van der Waals surface area (Å²) >= 11 is 7.37. The summed E-state index contributed by atoms with van der Waals surface area (Å²) in [5, 5.41) is 2.84. The van der Waals surface area contributed by atoms with Crippen LogP contribution in [0.3, 0.4) is 0 Å². The van der Waals surface area contributed by atoms with Gasteiger partial charge >= 0.3 is 0 Å². The molecular weight excluding hydrogens is 332 g/mol. The third-order valence-electron chi connectivity index (χ3n) is 3.41. The Labute approximate surface area is 145 Å². The number of amides is 2. The first-order chi connectivity index (χ1) is 11.0. The van der Waals surface area contributed by atoms with E-state index in [4.69, 9.17) is 11.6 Å². The van der Waals surface area contributed by atoms with Crippen LogP contribution in [-0.2, 0) is 16.1 Å². The molecule has 6 heteroatoms. The van der Waals surface area contributed by atoms with E-state index >= 15 is 0 Å².